The fourth-order valence-electron chi connectivity index (χ4n) is 4.35. The molecule has 4 N–H and O–H groups in total. The predicted octanol–water partition coefficient (Wildman–Crippen LogP) is 2.19. The number of esters is 1. The molecule has 1 aliphatic heterocycles. The third-order valence-corrected chi connectivity index (χ3v) is 8.25. The van der Waals surface area contributed by atoms with Crippen LogP contribution in [0.15, 0.2) is 16.7 Å². The number of β-lactam (4-membered cyclic amide) rings is 1. The third kappa shape index (κ3) is 12.9. The minimum atomic E-state index is -5.09. The van der Waals surface area contributed by atoms with E-state index in [1.54, 1.807) is 62.3 Å². The Hall–Kier alpha value is -4.90. The van der Waals surface area contributed by atoms with Crippen LogP contribution in [-0.2, 0) is 56.7 Å². The Bertz CT molecular complexity index is 1870. The molecule has 300 valence electrons. The Kier molecular flexibility index (Phi) is 13.1. The molecule has 2 aromatic rings. The van der Waals surface area contributed by atoms with Gasteiger partial charge in [-0.25, -0.2) is 23.7 Å². The molecule has 1 aliphatic rings. The SMILES string of the molecule is CC(C)(C)OC(=O)NCCn1cc(C[C@@H]2[C@H](NC(=O)/C(=N/OC(C)(C)C(=O)OC(C)(C)C)c3csc(NC(=O)OC(C)(C)C)n3)C(=O)N2S(=O)(=O)O)nn1. The first-order valence-electron chi connectivity index (χ1n) is 16.5. The number of thiazole rings is 1. The summed E-state index contributed by atoms with van der Waals surface area (Å²) in [6.45, 7) is 18.0. The van der Waals surface area contributed by atoms with Crippen LogP contribution in [0.3, 0.4) is 0 Å². The smallest absolute Gasteiger partial charge is 0.413 e. The van der Waals surface area contributed by atoms with E-state index >= 15 is 0 Å². The number of aromatic nitrogens is 4. The molecule has 23 heteroatoms. The van der Waals surface area contributed by atoms with Crippen molar-refractivity contribution in [1.82, 2.24) is 34.9 Å². The van der Waals surface area contributed by atoms with Gasteiger partial charge in [-0.15, -0.1) is 16.4 Å². The normalized spacial score (nSPS) is 16.9. The van der Waals surface area contributed by atoms with Crippen molar-refractivity contribution in [3.05, 3.63) is 23.0 Å². The number of amides is 4. The van der Waals surface area contributed by atoms with Crippen molar-refractivity contribution in [2.24, 2.45) is 5.16 Å². The monoisotopic (exact) mass is 801 g/mol. The first-order valence-corrected chi connectivity index (χ1v) is 18.8. The maximum atomic E-state index is 13.8. The molecule has 54 heavy (non-hydrogen) atoms. The maximum absolute atomic E-state index is 13.8. The fourth-order valence-corrected chi connectivity index (χ4v) is 5.91. The number of nitrogens with one attached hydrogen (secondary N) is 3. The summed E-state index contributed by atoms with van der Waals surface area (Å²) in [4.78, 5) is 73.7. The van der Waals surface area contributed by atoms with Crippen molar-refractivity contribution < 1.29 is 56.0 Å². The largest absolute Gasteiger partial charge is 0.457 e. The molecule has 1 saturated heterocycles. The average Bonchev–Trinajstić information content (AvgIpc) is 3.61. The minimum Gasteiger partial charge on any atom is -0.457 e. The summed E-state index contributed by atoms with van der Waals surface area (Å²) in [5.74, 6) is -3.10. The van der Waals surface area contributed by atoms with Gasteiger partial charge in [-0.2, -0.15) is 8.42 Å². The van der Waals surface area contributed by atoms with E-state index in [0.717, 1.165) is 11.3 Å². The third-order valence-electron chi connectivity index (χ3n) is 6.54. The van der Waals surface area contributed by atoms with Crippen LogP contribution in [0.4, 0.5) is 14.7 Å². The first kappa shape index (κ1) is 43.5. The summed E-state index contributed by atoms with van der Waals surface area (Å²) in [7, 11) is -5.09. The maximum Gasteiger partial charge on any atom is 0.413 e. The van der Waals surface area contributed by atoms with Crippen LogP contribution in [0, 0.1) is 0 Å². The topological polar surface area (TPSA) is 272 Å². The molecule has 0 unspecified atom stereocenters. The molecule has 0 bridgehead atoms. The van der Waals surface area contributed by atoms with Crippen molar-refractivity contribution in [3.63, 3.8) is 0 Å². The van der Waals surface area contributed by atoms with E-state index in [-0.39, 0.29) is 40.3 Å². The van der Waals surface area contributed by atoms with Crippen molar-refractivity contribution in [1.29, 1.82) is 0 Å². The van der Waals surface area contributed by atoms with Gasteiger partial charge < -0.3 is 29.7 Å². The Balaban J connectivity index is 1.86. The van der Waals surface area contributed by atoms with E-state index in [4.69, 9.17) is 19.0 Å². The summed E-state index contributed by atoms with van der Waals surface area (Å²) < 4.78 is 51.5. The van der Waals surface area contributed by atoms with Crippen LogP contribution in [-0.4, -0.2) is 114 Å². The number of rotatable bonds is 13. The molecular formula is C31H47N9O12S2. The second kappa shape index (κ2) is 16.2. The molecule has 3 rings (SSSR count). The second-order valence-corrected chi connectivity index (χ2v) is 17.6. The molecule has 21 nitrogen and oxygen atoms in total. The highest BCUT2D eigenvalue weighted by molar-refractivity contribution is 7.84. The molecule has 2 aromatic heterocycles. The van der Waals surface area contributed by atoms with Crippen molar-refractivity contribution in [2.75, 3.05) is 11.9 Å². The quantitative estimate of drug-likeness (QED) is 0.0565. The van der Waals surface area contributed by atoms with Crippen molar-refractivity contribution in [2.45, 2.75) is 124 Å². The number of hydrogen-bond donors (Lipinski definition) is 4. The van der Waals surface area contributed by atoms with Gasteiger partial charge in [-0.1, -0.05) is 10.4 Å². The van der Waals surface area contributed by atoms with E-state index in [0.29, 0.717) is 0 Å². The molecule has 4 amide bonds. The highest BCUT2D eigenvalue weighted by atomic mass is 32.2. The van der Waals surface area contributed by atoms with E-state index < -0.39 is 80.5 Å². The van der Waals surface area contributed by atoms with Gasteiger partial charge in [-0.05, 0) is 76.2 Å². The molecule has 0 aromatic carbocycles. The van der Waals surface area contributed by atoms with Crippen LogP contribution in [0.2, 0.25) is 0 Å². The van der Waals surface area contributed by atoms with Gasteiger partial charge in [0.25, 0.3) is 11.8 Å². The van der Waals surface area contributed by atoms with Crippen molar-refractivity contribution in [3.8, 4) is 0 Å². The zero-order chi connectivity index (χ0) is 41.0. The highest BCUT2D eigenvalue weighted by Crippen LogP contribution is 2.27. The number of ether oxygens (including phenoxy) is 3. The number of carbonyl (C=O) groups is 5. The van der Waals surface area contributed by atoms with E-state index in [2.05, 4.69) is 36.4 Å². The van der Waals surface area contributed by atoms with Gasteiger partial charge in [0.05, 0.1) is 18.3 Å². The van der Waals surface area contributed by atoms with Gasteiger partial charge in [-0.3, -0.25) is 24.1 Å². The highest BCUT2D eigenvalue weighted by Gasteiger charge is 2.54. The van der Waals surface area contributed by atoms with E-state index in [9.17, 15) is 36.9 Å². The first-order chi connectivity index (χ1) is 24.5. The lowest BCUT2D eigenvalue weighted by Crippen LogP contribution is -2.73. The number of hydrogen-bond acceptors (Lipinski definition) is 16. The van der Waals surface area contributed by atoms with Crippen molar-refractivity contribution >= 4 is 62.5 Å². The summed E-state index contributed by atoms with van der Waals surface area (Å²) in [5.41, 5.74) is -4.72. The van der Waals surface area contributed by atoms with Gasteiger partial charge in [0.15, 0.2) is 10.8 Å². The van der Waals surface area contributed by atoms with Crippen LogP contribution in [0.1, 0.15) is 87.5 Å². The minimum absolute atomic E-state index is 0.00863. The van der Waals surface area contributed by atoms with Crippen LogP contribution >= 0.6 is 11.3 Å². The number of nitrogens with zero attached hydrogens (tertiary/aromatic N) is 6. The van der Waals surface area contributed by atoms with E-state index in [1.807, 2.05) is 0 Å². The molecule has 3 heterocycles. The Morgan fingerprint density at radius 2 is 1.54 bits per heavy atom. The van der Waals surface area contributed by atoms with E-state index in [1.165, 1.54) is 30.1 Å². The number of oxime groups is 1. The molecule has 2 atom stereocenters. The van der Waals surface area contributed by atoms with Gasteiger partial charge in [0.2, 0.25) is 5.60 Å². The number of alkyl carbamates (subject to hydrolysis) is 1. The second-order valence-electron chi connectivity index (χ2n) is 15.4. The summed E-state index contributed by atoms with van der Waals surface area (Å²) in [5, 5.41) is 20.5. The van der Waals surface area contributed by atoms with Gasteiger partial charge in [0, 0.05) is 24.5 Å². The zero-order valence-electron chi connectivity index (χ0n) is 31.9. The predicted molar refractivity (Wildman–Crippen MR) is 192 cm³/mol. The summed E-state index contributed by atoms with van der Waals surface area (Å²) >= 11 is 0.888. The molecule has 0 spiro atoms. The molecule has 0 saturated carbocycles. The standard InChI is InChI=1S/C31H47N9O12S2/c1-28(2,3)49-24(43)31(10,11)52-37-20(18-16-53-25(33-18)35-27(45)51-30(7,8)9)22(41)34-21-19(40(23(21)42)54(46,47)48)14-17-15-39(38-36-17)13-12-32-26(44)50-29(4,5)6/h15-16,19,21H,12-14H2,1-11H3,(H,32,44)(H,34,41)(H,33,35,45)(H,46,47,48)/b37-20+/t19-,21+/m1/s1. The van der Waals surface area contributed by atoms with Gasteiger partial charge in [0.1, 0.15) is 28.5 Å². The lowest BCUT2D eigenvalue weighted by Gasteiger charge is -2.43. The lowest BCUT2D eigenvalue weighted by atomic mass is 9.94. The molecule has 1 fully saturated rings. The lowest BCUT2D eigenvalue weighted by molar-refractivity contribution is -0.179. The van der Waals surface area contributed by atoms with Gasteiger partial charge >= 0.3 is 28.5 Å². The Morgan fingerprint density at radius 1 is 0.944 bits per heavy atom. The Morgan fingerprint density at radius 3 is 2.11 bits per heavy atom. The van der Waals surface area contributed by atoms with Crippen LogP contribution in [0.5, 0.6) is 0 Å². The number of anilines is 1. The summed E-state index contributed by atoms with van der Waals surface area (Å²) in [6, 6.07) is -2.91. The summed E-state index contributed by atoms with van der Waals surface area (Å²) in [6.07, 6.45) is -0.356. The molecule has 0 aliphatic carbocycles. The zero-order valence-corrected chi connectivity index (χ0v) is 33.5. The van der Waals surface area contributed by atoms with Crippen LogP contribution in [0.25, 0.3) is 0 Å². The average molecular weight is 802 g/mol. The van der Waals surface area contributed by atoms with Crippen LogP contribution < -0.4 is 16.0 Å². The molecular weight excluding hydrogens is 755 g/mol. The molecule has 0 radical (unpaired) electrons. The fraction of sp³-hybridized carbons (Fsp3) is 0.645. The Labute approximate surface area is 316 Å². The number of carbonyl (C=O) groups excluding carboxylic acids is 5.